The van der Waals surface area contributed by atoms with Gasteiger partial charge in [0.1, 0.15) is 10.9 Å². The van der Waals surface area contributed by atoms with Gasteiger partial charge in [-0.15, -0.1) is 0 Å². The van der Waals surface area contributed by atoms with Crippen LogP contribution in [0.2, 0.25) is 5.15 Å². The monoisotopic (exact) mass is 326 g/mol. The van der Waals surface area contributed by atoms with Crippen LogP contribution >= 0.6 is 11.6 Å². The number of benzene rings is 1. The van der Waals surface area contributed by atoms with Crippen molar-refractivity contribution in [3.8, 4) is 5.75 Å². The Morgan fingerprint density at radius 1 is 1.24 bits per heavy atom. The fourth-order valence-electron chi connectivity index (χ4n) is 1.76. The van der Waals surface area contributed by atoms with Crippen LogP contribution in [0.3, 0.4) is 0 Å². The van der Waals surface area contributed by atoms with Gasteiger partial charge in [0.15, 0.2) is 0 Å². The molecule has 0 saturated carbocycles. The van der Waals surface area contributed by atoms with E-state index in [9.17, 15) is 8.42 Å². The molecule has 0 atom stereocenters. The summed E-state index contributed by atoms with van der Waals surface area (Å²) in [4.78, 5) is 3.87. The molecule has 0 aliphatic heterocycles. The van der Waals surface area contributed by atoms with Crippen molar-refractivity contribution in [2.45, 2.75) is 11.3 Å². The lowest BCUT2D eigenvalue weighted by molar-refractivity contribution is 0.414. The highest BCUT2D eigenvalue weighted by molar-refractivity contribution is 7.89. The van der Waals surface area contributed by atoms with Gasteiger partial charge in [-0.3, -0.25) is 0 Å². The molecule has 0 amide bonds. The van der Waals surface area contributed by atoms with E-state index in [-0.39, 0.29) is 10.0 Å². The SMILES string of the molecule is COc1ccc(CCNS(=O)(=O)c2ccnc(Cl)c2)cc1. The van der Waals surface area contributed by atoms with E-state index in [1.165, 1.54) is 18.3 Å². The topological polar surface area (TPSA) is 68.3 Å². The van der Waals surface area contributed by atoms with Crippen LogP contribution in [0.15, 0.2) is 47.5 Å². The summed E-state index contributed by atoms with van der Waals surface area (Å²) in [6.07, 6.45) is 1.95. The van der Waals surface area contributed by atoms with Gasteiger partial charge in [0.25, 0.3) is 0 Å². The number of hydrogen-bond donors (Lipinski definition) is 1. The smallest absolute Gasteiger partial charge is 0.240 e. The van der Waals surface area contributed by atoms with E-state index in [4.69, 9.17) is 16.3 Å². The maximum atomic E-state index is 12.1. The standard InChI is InChI=1S/C14H15ClN2O3S/c1-20-12-4-2-11(3-5-12)6-9-17-21(18,19)13-7-8-16-14(15)10-13/h2-5,7-8,10,17H,6,9H2,1H3. The zero-order valence-corrected chi connectivity index (χ0v) is 13.0. The number of pyridine rings is 1. The summed E-state index contributed by atoms with van der Waals surface area (Å²) in [5, 5.41) is 0.146. The van der Waals surface area contributed by atoms with Gasteiger partial charge in [-0.25, -0.2) is 18.1 Å². The van der Waals surface area contributed by atoms with Crippen LogP contribution in [-0.4, -0.2) is 27.1 Å². The molecule has 1 aromatic heterocycles. The van der Waals surface area contributed by atoms with E-state index in [0.29, 0.717) is 13.0 Å². The normalized spacial score (nSPS) is 11.3. The average Bonchev–Trinajstić information content (AvgIpc) is 2.48. The van der Waals surface area contributed by atoms with Crippen molar-refractivity contribution >= 4 is 21.6 Å². The van der Waals surface area contributed by atoms with Crippen LogP contribution in [0.5, 0.6) is 5.75 Å². The molecule has 0 aliphatic rings. The van der Waals surface area contributed by atoms with Crippen LogP contribution < -0.4 is 9.46 Å². The van der Waals surface area contributed by atoms with Crippen LogP contribution in [-0.2, 0) is 16.4 Å². The van der Waals surface area contributed by atoms with Gasteiger partial charge >= 0.3 is 0 Å². The van der Waals surface area contributed by atoms with Gasteiger partial charge in [-0.1, -0.05) is 23.7 Å². The van der Waals surface area contributed by atoms with Crippen molar-refractivity contribution < 1.29 is 13.2 Å². The Morgan fingerprint density at radius 2 is 1.95 bits per heavy atom. The van der Waals surface area contributed by atoms with E-state index in [1.54, 1.807) is 7.11 Å². The number of rotatable bonds is 6. The molecule has 2 aromatic rings. The van der Waals surface area contributed by atoms with Gasteiger partial charge in [-0.2, -0.15) is 0 Å². The lowest BCUT2D eigenvalue weighted by atomic mass is 10.1. The Morgan fingerprint density at radius 3 is 2.57 bits per heavy atom. The summed E-state index contributed by atoms with van der Waals surface area (Å²) < 4.78 is 31.7. The third-order valence-corrected chi connectivity index (χ3v) is 4.54. The zero-order chi connectivity index (χ0) is 15.3. The van der Waals surface area contributed by atoms with Crippen molar-refractivity contribution in [1.82, 2.24) is 9.71 Å². The molecule has 1 heterocycles. The number of aromatic nitrogens is 1. The number of nitrogens with one attached hydrogen (secondary N) is 1. The molecule has 0 fully saturated rings. The summed E-state index contributed by atoms with van der Waals surface area (Å²) in [5.41, 5.74) is 1.02. The van der Waals surface area contributed by atoms with Gasteiger partial charge in [0.2, 0.25) is 10.0 Å². The molecule has 7 heteroatoms. The minimum atomic E-state index is -3.56. The Bertz CT molecular complexity index is 702. The maximum absolute atomic E-state index is 12.1. The zero-order valence-electron chi connectivity index (χ0n) is 11.4. The van der Waals surface area contributed by atoms with E-state index in [1.807, 2.05) is 24.3 Å². The van der Waals surface area contributed by atoms with Crippen molar-refractivity contribution in [3.63, 3.8) is 0 Å². The third kappa shape index (κ3) is 4.42. The van der Waals surface area contributed by atoms with Gasteiger partial charge in [0.05, 0.1) is 12.0 Å². The van der Waals surface area contributed by atoms with Crippen molar-refractivity contribution in [2.75, 3.05) is 13.7 Å². The molecule has 1 aromatic carbocycles. The Labute approximate surface area is 129 Å². The van der Waals surface area contributed by atoms with Gasteiger partial charge in [-0.05, 0) is 36.2 Å². The van der Waals surface area contributed by atoms with Crippen LogP contribution in [0.1, 0.15) is 5.56 Å². The number of ether oxygens (including phenoxy) is 1. The lowest BCUT2D eigenvalue weighted by Gasteiger charge is -2.07. The number of halogens is 1. The first-order valence-corrected chi connectivity index (χ1v) is 8.11. The van der Waals surface area contributed by atoms with Crippen molar-refractivity contribution in [2.24, 2.45) is 0 Å². The second-order valence-corrected chi connectivity index (χ2v) is 6.46. The summed E-state index contributed by atoms with van der Waals surface area (Å²) >= 11 is 5.69. The molecule has 1 N–H and O–H groups in total. The maximum Gasteiger partial charge on any atom is 0.240 e. The fraction of sp³-hybridized carbons (Fsp3) is 0.214. The largest absolute Gasteiger partial charge is 0.497 e. The highest BCUT2D eigenvalue weighted by Crippen LogP contribution is 2.13. The van der Waals surface area contributed by atoms with E-state index in [0.717, 1.165) is 11.3 Å². The van der Waals surface area contributed by atoms with E-state index >= 15 is 0 Å². The summed E-state index contributed by atoms with van der Waals surface area (Å²) in [5.74, 6) is 0.769. The molecule has 0 unspecified atom stereocenters. The number of sulfonamides is 1. The van der Waals surface area contributed by atoms with Crippen LogP contribution in [0, 0.1) is 0 Å². The minimum Gasteiger partial charge on any atom is -0.497 e. The number of hydrogen-bond acceptors (Lipinski definition) is 4. The Balaban J connectivity index is 1.95. The summed E-state index contributed by atoms with van der Waals surface area (Å²) in [6, 6.07) is 10.2. The van der Waals surface area contributed by atoms with E-state index < -0.39 is 10.0 Å². The van der Waals surface area contributed by atoms with Crippen LogP contribution in [0.4, 0.5) is 0 Å². The Hall–Kier alpha value is -1.63. The van der Waals surface area contributed by atoms with Gasteiger partial charge in [0, 0.05) is 12.7 Å². The third-order valence-electron chi connectivity index (χ3n) is 2.87. The quantitative estimate of drug-likeness (QED) is 0.827. The predicted octanol–water partition coefficient (Wildman–Crippen LogP) is 2.26. The second-order valence-electron chi connectivity index (χ2n) is 4.31. The van der Waals surface area contributed by atoms with Crippen LogP contribution in [0.25, 0.3) is 0 Å². The molecule has 0 spiro atoms. The highest BCUT2D eigenvalue weighted by atomic mass is 35.5. The molecule has 0 saturated heterocycles. The van der Waals surface area contributed by atoms with Crippen molar-refractivity contribution in [1.29, 1.82) is 0 Å². The summed E-state index contributed by atoms with van der Waals surface area (Å²) in [7, 11) is -1.96. The molecule has 5 nitrogen and oxygen atoms in total. The predicted molar refractivity (Wildman–Crippen MR) is 81.1 cm³/mol. The van der Waals surface area contributed by atoms with Crippen molar-refractivity contribution in [3.05, 3.63) is 53.3 Å². The molecule has 112 valence electrons. The highest BCUT2D eigenvalue weighted by Gasteiger charge is 2.13. The first-order valence-electron chi connectivity index (χ1n) is 6.25. The first kappa shape index (κ1) is 15.8. The average molecular weight is 327 g/mol. The number of methoxy groups -OCH3 is 1. The molecule has 0 radical (unpaired) electrons. The molecule has 2 rings (SSSR count). The molecule has 0 aliphatic carbocycles. The number of nitrogens with zero attached hydrogens (tertiary/aromatic N) is 1. The van der Waals surface area contributed by atoms with Gasteiger partial charge < -0.3 is 4.74 Å². The summed E-state index contributed by atoms with van der Waals surface area (Å²) in [6.45, 7) is 0.300. The fourth-order valence-corrected chi connectivity index (χ4v) is 3.04. The second kappa shape index (κ2) is 6.89. The molecule has 0 bridgehead atoms. The molecular weight excluding hydrogens is 312 g/mol. The first-order chi connectivity index (χ1) is 10.0. The minimum absolute atomic E-state index is 0.109. The molecular formula is C14H15ClN2O3S. The van der Waals surface area contributed by atoms with E-state index in [2.05, 4.69) is 9.71 Å². The molecule has 21 heavy (non-hydrogen) atoms. The Kier molecular flexibility index (Phi) is 5.17. The lowest BCUT2D eigenvalue weighted by Crippen LogP contribution is -2.26.